The molecule has 1 aliphatic carbocycles. The number of ether oxygens (including phenoxy) is 2. The molecule has 4 aliphatic rings. The lowest BCUT2D eigenvalue weighted by Gasteiger charge is -2.41. The minimum absolute atomic E-state index is 0.158. The van der Waals surface area contributed by atoms with Gasteiger partial charge in [0.25, 0.3) is 0 Å². The van der Waals surface area contributed by atoms with Crippen molar-refractivity contribution in [2.75, 3.05) is 55.7 Å². The van der Waals surface area contributed by atoms with Crippen molar-refractivity contribution in [2.45, 2.75) is 45.3 Å². The number of halogens is 1. The number of benzene rings is 2. The van der Waals surface area contributed by atoms with Crippen molar-refractivity contribution in [2.24, 2.45) is 5.41 Å². The zero-order valence-corrected chi connectivity index (χ0v) is 27.6. The molecule has 2 fully saturated rings. The standard InChI is InChI=1S/C37H40ClN5O4/c1-37(2)11-9-25(29(19-37)23-3-5-26(38)6-4-23)20-41-13-15-42(16-14-41)27-7-8-28(36(44)45)30(18-27)43-31-17-24-10-12-39-34(24)40-35(31)47-33-22-46-21-32(33)43/h3-8,10,12,17-18,32-33H,9,11,13-16,19-22H2,1-2H3,(H,39,40)(H,44,45)/t32-,33-/m0/s1. The number of nitrogens with zero attached hydrogens (tertiary/aromatic N) is 4. The highest BCUT2D eigenvalue weighted by atomic mass is 35.5. The predicted octanol–water partition coefficient (Wildman–Crippen LogP) is 7.00. The van der Waals surface area contributed by atoms with Crippen LogP contribution in [0.2, 0.25) is 5.02 Å². The van der Waals surface area contributed by atoms with Crippen LogP contribution in [-0.2, 0) is 4.74 Å². The van der Waals surface area contributed by atoms with Gasteiger partial charge in [0.05, 0.1) is 30.5 Å². The van der Waals surface area contributed by atoms with E-state index in [1.165, 1.54) is 23.1 Å². The van der Waals surface area contributed by atoms with Gasteiger partial charge in [-0.15, -0.1) is 0 Å². The molecule has 0 amide bonds. The molecular formula is C37H40ClN5O4. The van der Waals surface area contributed by atoms with Crippen LogP contribution >= 0.6 is 11.6 Å². The van der Waals surface area contributed by atoms with Gasteiger partial charge < -0.3 is 29.4 Å². The van der Waals surface area contributed by atoms with E-state index in [2.05, 4.69) is 45.7 Å². The molecule has 9 nitrogen and oxygen atoms in total. The average molecular weight is 654 g/mol. The van der Waals surface area contributed by atoms with Crippen LogP contribution in [-0.4, -0.2) is 84.0 Å². The first kappa shape index (κ1) is 30.3. The zero-order chi connectivity index (χ0) is 32.3. The highest BCUT2D eigenvalue weighted by Gasteiger charge is 2.43. The largest absolute Gasteiger partial charge is 0.478 e. The normalized spacial score (nSPS) is 22.7. The molecule has 0 bridgehead atoms. The number of hydrogen-bond acceptors (Lipinski definition) is 7. The van der Waals surface area contributed by atoms with E-state index in [-0.39, 0.29) is 23.1 Å². The van der Waals surface area contributed by atoms with Gasteiger partial charge in [0.1, 0.15) is 17.4 Å². The van der Waals surface area contributed by atoms with Crippen LogP contribution in [0.15, 0.2) is 66.4 Å². The number of fused-ring (bicyclic) bond motifs is 3. The van der Waals surface area contributed by atoms with Gasteiger partial charge in [-0.2, -0.15) is 4.98 Å². The minimum Gasteiger partial charge on any atom is -0.478 e. The van der Waals surface area contributed by atoms with Gasteiger partial charge in [0.15, 0.2) is 0 Å². The van der Waals surface area contributed by atoms with Crippen LogP contribution in [0.4, 0.5) is 17.1 Å². The average Bonchev–Trinajstić information content (AvgIpc) is 3.73. The number of anilines is 3. The van der Waals surface area contributed by atoms with Crippen LogP contribution in [0, 0.1) is 5.41 Å². The molecule has 8 rings (SSSR count). The molecule has 0 spiro atoms. The molecule has 0 radical (unpaired) electrons. The number of carboxylic acids is 1. The van der Waals surface area contributed by atoms with Gasteiger partial charge in [0, 0.05) is 55.0 Å². The van der Waals surface area contributed by atoms with Gasteiger partial charge in [0.2, 0.25) is 5.88 Å². The van der Waals surface area contributed by atoms with Crippen LogP contribution in [0.3, 0.4) is 0 Å². The highest BCUT2D eigenvalue weighted by molar-refractivity contribution is 6.30. The number of allylic oxidation sites excluding steroid dienone is 1. The smallest absolute Gasteiger partial charge is 0.337 e. The lowest BCUT2D eigenvalue weighted by Crippen LogP contribution is -2.48. The first-order valence-electron chi connectivity index (χ1n) is 16.6. The third-order valence-corrected chi connectivity index (χ3v) is 10.6. The lowest BCUT2D eigenvalue weighted by atomic mass is 9.72. The molecule has 0 saturated carbocycles. The molecule has 244 valence electrons. The Morgan fingerprint density at radius 2 is 1.85 bits per heavy atom. The molecule has 0 unspecified atom stereocenters. The van der Waals surface area contributed by atoms with Crippen LogP contribution in [0.5, 0.6) is 5.88 Å². The quantitative estimate of drug-likeness (QED) is 0.230. The summed E-state index contributed by atoms with van der Waals surface area (Å²) < 4.78 is 12.1. The summed E-state index contributed by atoms with van der Waals surface area (Å²) in [6, 6.07) is 17.9. The van der Waals surface area contributed by atoms with E-state index in [0.717, 1.165) is 73.0 Å². The molecule has 2 saturated heterocycles. The zero-order valence-electron chi connectivity index (χ0n) is 26.8. The van der Waals surface area contributed by atoms with E-state index >= 15 is 0 Å². The number of aromatic nitrogens is 2. The summed E-state index contributed by atoms with van der Waals surface area (Å²) >= 11 is 6.23. The van der Waals surface area contributed by atoms with Crippen LogP contribution < -0.4 is 14.5 Å². The summed E-state index contributed by atoms with van der Waals surface area (Å²) in [5, 5.41) is 12.0. The van der Waals surface area contributed by atoms with E-state index in [9.17, 15) is 9.90 Å². The number of carboxylic acid groups (broad SMARTS) is 1. The predicted molar refractivity (Wildman–Crippen MR) is 185 cm³/mol. The lowest BCUT2D eigenvalue weighted by molar-refractivity contribution is 0.0697. The molecule has 5 heterocycles. The van der Waals surface area contributed by atoms with Crippen LogP contribution in [0.1, 0.15) is 49.0 Å². The molecule has 47 heavy (non-hydrogen) atoms. The van der Waals surface area contributed by atoms with Crippen molar-refractivity contribution in [3.05, 3.63) is 82.5 Å². The number of rotatable bonds is 6. The number of carbonyl (C=O) groups is 1. The summed E-state index contributed by atoms with van der Waals surface area (Å²) in [6.45, 7) is 10.2. The van der Waals surface area contributed by atoms with Crippen LogP contribution in [0.25, 0.3) is 16.6 Å². The maximum atomic E-state index is 12.6. The fraction of sp³-hybridized carbons (Fsp3) is 0.405. The minimum atomic E-state index is -0.962. The number of H-pyrrole nitrogens is 1. The maximum Gasteiger partial charge on any atom is 0.337 e. The number of aromatic amines is 1. The Labute approximate surface area is 279 Å². The Hall–Kier alpha value is -4.05. The fourth-order valence-electron chi connectivity index (χ4n) is 7.72. The molecule has 2 aromatic carbocycles. The van der Waals surface area contributed by atoms with E-state index < -0.39 is 5.97 Å². The summed E-state index contributed by atoms with van der Waals surface area (Å²) in [4.78, 5) is 27.5. The molecule has 2 atom stereocenters. The SMILES string of the molecule is CC1(C)CCC(CN2CCN(c3ccc(C(=O)O)c(N4c5cc6cc[nH]c6nc5O[C@H]5COC[C@@H]54)c3)CC2)=C(c2ccc(Cl)cc2)C1. The summed E-state index contributed by atoms with van der Waals surface area (Å²) in [5.41, 5.74) is 7.99. The molecular weight excluding hydrogens is 614 g/mol. The van der Waals surface area contributed by atoms with Crippen molar-refractivity contribution < 1.29 is 19.4 Å². The second-order valence-corrected chi connectivity index (χ2v) is 14.5. The molecule has 2 N–H and O–H groups in total. The van der Waals surface area contributed by atoms with Gasteiger partial charge >= 0.3 is 5.97 Å². The molecule has 2 aromatic heterocycles. The van der Waals surface area contributed by atoms with E-state index in [4.69, 9.17) is 26.1 Å². The van der Waals surface area contributed by atoms with E-state index in [0.29, 0.717) is 24.8 Å². The first-order chi connectivity index (χ1) is 22.7. The number of aromatic carboxylic acids is 1. The summed E-state index contributed by atoms with van der Waals surface area (Å²) in [5.74, 6) is -0.476. The number of pyridine rings is 1. The third kappa shape index (κ3) is 5.75. The Morgan fingerprint density at radius 1 is 1.04 bits per heavy atom. The molecule has 3 aliphatic heterocycles. The highest BCUT2D eigenvalue weighted by Crippen LogP contribution is 2.46. The Morgan fingerprint density at radius 3 is 2.64 bits per heavy atom. The third-order valence-electron chi connectivity index (χ3n) is 10.3. The van der Waals surface area contributed by atoms with Crippen molar-refractivity contribution in [3.63, 3.8) is 0 Å². The Balaban J connectivity index is 1.06. The Kier molecular flexibility index (Phi) is 7.66. The van der Waals surface area contributed by atoms with Gasteiger partial charge in [-0.05, 0) is 78.3 Å². The number of piperazine rings is 1. The first-order valence-corrected chi connectivity index (χ1v) is 16.9. The summed E-state index contributed by atoms with van der Waals surface area (Å²) in [6.07, 6.45) is 4.99. The molecule has 4 aromatic rings. The topological polar surface area (TPSA) is 94.2 Å². The van der Waals surface area contributed by atoms with Crippen molar-refractivity contribution in [1.82, 2.24) is 14.9 Å². The second kappa shape index (κ2) is 11.9. The molecule has 10 heteroatoms. The Bertz CT molecular complexity index is 1860. The van der Waals surface area contributed by atoms with E-state index in [1.807, 2.05) is 42.6 Å². The van der Waals surface area contributed by atoms with Crippen molar-refractivity contribution in [1.29, 1.82) is 0 Å². The second-order valence-electron chi connectivity index (χ2n) is 14.1. The van der Waals surface area contributed by atoms with Crippen molar-refractivity contribution in [3.8, 4) is 5.88 Å². The van der Waals surface area contributed by atoms with Gasteiger partial charge in [-0.25, -0.2) is 4.79 Å². The monoisotopic (exact) mass is 653 g/mol. The summed E-state index contributed by atoms with van der Waals surface area (Å²) in [7, 11) is 0. The number of nitrogens with one attached hydrogen (secondary N) is 1. The van der Waals surface area contributed by atoms with Gasteiger partial charge in [-0.3, -0.25) is 4.90 Å². The van der Waals surface area contributed by atoms with E-state index in [1.54, 1.807) is 6.07 Å². The van der Waals surface area contributed by atoms with Gasteiger partial charge in [-0.1, -0.05) is 43.2 Å². The fourth-order valence-corrected chi connectivity index (χ4v) is 7.84. The number of hydrogen-bond donors (Lipinski definition) is 2. The maximum absolute atomic E-state index is 12.6. The van der Waals surface area contributed by atoms with Crippen molar-refractivity contribution >= 4 is 51.2 Å².